The van der Waals surface area contributed by atoms with Gasteiger partial charge in [-0.3, -0.25) is 4.68 Å². The minimum atomic E-state index is -3.77. The Bertz CT molecular complexity index is 1150. The number of hydrogen-bond donors (Lipinski definition) is 3. The third kappa shape index (κ3) is 6.21. The van der Waals surface area contributed by atoms with Crippen LogP contribution in [-0.2, 0) is 16.6 Å². The van der Waals surface area contributed by atoms with E-state index in [9.17, 15) is 8.42 Å². The zero-order chi connectivity index (χ0) is 22.4. The average molecular weight is 524 g/mol. The Morgan fingerprint density at radius 1 is 1.16 bits per heavy atom. The third-order valence-corrected chi connectivity index (χ3v) is 7.08. The van der Waals surface area contributed by atoms with Crippen LogP contribution in [0.1, 0.15) is 17.8 Å². The fraction of sp³-hybridized carbons (Fsp3) is 0.263. The monoisotopic (exact) mass is 523 g/mol. The highest BCUT2D eigenvalue weighted by Crippen LogP contribution is 2.20. The molecular weight excluding hydrogens is 502 g/mol. The van der Waals surface area contributed by atoms with Crippen molar-refractivity contribution >= 4 is 54.9 Å². The summed E-state index contributed by atoms with van der Waals surface area (Å²) in [7, 11) is -3.77. The quantitative estimate of drug-likeness (QED) is 0.304. The van der Waals surface area contributed by atoms with Crippen molar-refractivity contribution in [1.29, 1.82) is 0 Å². The van der Waals surface area contributed by atoms with E-state index < -0.39 is 10.0 Å². The Morgan fingerprint density at radius 3 is 2.45 bits per heavy atom. The number of aryl methyl sites for hydroxylation is 2. The van der Waals surface area contributed by atoms with Crippen LogP contribution in [0.2, 0.25) is 0 Å². The van der Waals surface area contributed by atoms with Crippen LogP contribution in [0.4, 0.5) is 11.6 Å². The molecule has 12 heteroatoms. The molecule has 3 aromatic rings. The van der Waals surface area contributed by atoms with E-state index in [1.807, 2.05) is 18.5 Å². The van der Waals surface area contributed by atoms with Gasteiger partial charge in [-0.25, -0.2) is 23.1 Å². The van der Waals surface area contributed by atoms with Crippen LogP contribution in [0.25, 0.3) is 0 Å². The van der Waals surface area contributed by atoms with Gasteiger partial charge in [0.25, 0.3) is 10.0 Å². The summed E-state index contributed by atoms with van der Waals surface area (Å²) in [6.07, 6.45) is 3.77. The lowest BCUT2D eigenvalue weighted by Gasteiger charge is -2.12. The van der Waals surface area contributed by atoms with Gasteiger partial charge in [-0.1, -0.05) is 0 Å². The Hall–Kier alpha value is -2.57. The molecule has 0 aliphatic heterocycles. The highest BCUT2D eigenvalue weighted by molar-refractivity contribution is 9.10. The number of anilines is 2. The van der Waals surface area contributed by atoms with Crippen LogP contribution in [0.5, 0.6) is 0 Å². The van der Waals surface area contributed by atoms with E-state index in [1.165, 1.54) is 24.5 Å². The maximum absolute atomic E-state index is 12.4. The lowest BCUT2D eigenvalue weighted by molar-refractivity contribution is 0.558. The molecule has 0 fully saturated rings. The molecule has 0 radical (unpaired) electrons. The molecule has 2 heterocycles. The van der Waals surface area contributed by atoms with Crippen molar-refractivity contribution in [3.8, 4) is 0 Å². The predicted molar refractivity (Wildman–Crippen MR) is 128 cm³/mol. The van der Waals surface area contributed by atoms with Crippen molar-refractivity contribution < 1.29 is 8.42 Å². The van der Waals surface area contributed by atoms with Gasteiger partial charge in [-0.15, -0.1) is 0 Å². The van der Waals surface area contributed by atoms with Crippen molar-refractivity contribution in [3.63, 3.8) is 0 Å². The first-order valence-electron chi connectivity index (χ1n) is 9.40. The van der Waals surface area contributed by atoms with E-state index in [-0.39, 0.29) is 10.8 Å². The van der Waals surface area contributed by atoms with Crippen molar-refractivity contribution in [3.05, 3.63) is 58.6 Å². The van der Waals surface area contributed by atoms with Gasteiger partial charge >= 0.3 is 0 Å². The number of rotatable bonds is 8. The lowest BCUT2D eigenvalue weighted by Crippen LogP contribution is -2.29. The van der Waals surface area contributed by atoms with Gasteiger partial charge in [0, 0.05) is 36.9 Å². The summed E-state index contributed by atoms with van der Waals surface area (Å²) in [5, 5.41) is 11.1. The van der Waals surface area contributed by atoms with Crippen LogP contribution < -0.4 is 15.4 Å². The molecule has 0 saturated heterocycles. The lowest BCUT2D eigenvalue weighted by atomic mass is 10.3. The van der Waals surface area contributed by atoms with Crippen molar-refractivity contribution in [1.82, 2.24) is 25.1 Å². The van der Waals surface area contributed by atoms with Crippen LogP contribution >= 0.6 is 28.1 Å². The summed E-state index contributed by atoms with van der Waals surface area (Å²) in [5.41, 5.74) is 2.75. The van der Waals surface area contributed by atoms with E-state index in [1.54, 1.807) is 18.2 Å². The molecule has 2 aromatic heterocycles. The molecule has 164 valence electrons. The van der Waals surface area contributed by atoms with Gasteiger partial charge in [0.2, 0.25) is 5.95 Å². The van der Waals surface area contributed by atoms with Gasteiger partial charge < -0.3 is 10.6 Å². The molecule has 0 saturated carbocycles. The largest absolute Gasteiger partial charge is 0.362 e. The Morgan fingerprint density at radius 2 is 1.84 bits per heavy atom. The van der Waals surface area contributed by atoms with Crippen molar-refractivity contribution in [2.75, 3.05) is 16.6 Å². The first kappa shape index (κ1) is 23.1. The van der Waals surface area contributed by atoms with Crippen molar-refractivity contribution in [2.45, 2.75) is 31.7 Å². The minimum Gasteiger partial charge on any atom is -0.362 e. The summed E-state index contributed by atoms with van der Waals surface area (Å²) in [4.78, 5) is 7.83. The third-order valence-electron chi connectivity index (χ3n) is 4.34. The molecule has 31 heavy (non-hydrogen) atoms. The smallest absolute Gasteiger partial charge is 0.264 e. The van der Waals surface area contributed by atoms with E-state index in [0.717, 1.165) is 28.8 Å². The number of benzene rings is 1. The van der Waals surface area contributed by atoms with E-state index in [0.29, 0.717) is 17.3 Å². The van der Waals surface area contributed by atoms with Gasteiger partial charge in [0.1, 0.15) is 0 Å². The number of halogens is 1. The first-order valence-corrected chi connectivity index (χ1v) is 12.1. The molecular formula is C19H22BrN7O2S2. The number of aromatic nitrogens is 4. The Balaban J connectivity index is 1.47. The number of thiocarbonyl (C=S) groups is 1. The molecule has 0 unspecified atom stereocenters. The molecule has 3 N–H and O–H groups in total. The molecule has 0 amide bonds. The molecule has 0 atom stereocenters. The highest BCUT2D eigenvalue weighted by Gasteiger charge is 2.15. The SMILES string of the molecule is Cc1nn(CCCNC(=S)Nc2ccc(S(=O)(=O)Nc3ncccn3)cc2)c(C)c1Br. The normalized spacial score (nSPS) is 11.2. The summed E-state index contributed by atoms with van der Waals surface area (Å²) in [6.45, 7) is 5.44. The molecule has 3 rings (SSSR count). The van der Waals surface area contributed by atoms with Gasteiger partial charge in [-0.05, 0) is 78.7 Å². The Labute approximate surface area is 194 Å². The molecule has 0 aliphatic carbocycles. The maximum atomic E-state index is 12.4. The topological polar surface area (TPSA) is 114 Å². The standard InChI is InChI=1S/C19H22BrN7O2S2/c1-13-17(20)14(2)27(25-13)12-4-11-23-19(30)24-15-5-7-16(8-6-15)31(28,29)26-18-21-9-3-10-22-18/h3,5-10H,4,11-12H2,1-2H3,(H,21,22,26)(H2,23,24,30). The number of nitrogens with zero attached hydrogens (tertiary/aromatic N) is 4. The number of sulfonamides is 1. The maximum Gasteiger partial charge on any atom is 0.264 e. The zero-order valence-electron chi connectivity index (χ0n) is 17.0. The molecule has 0 aliphatic rings. The van der Waals surface area contributed by atoms with Gasteiger partial charge in [-0.2, -0.15) is 5.10 Å². The van der Waals surface area contributed by atoms with Crippen LogP contribution in [0.15, 0.2) is 52.1 Å². The van der Waals surface area contributed by atoms with E-state index in [4.69, 9.17) is 12.2 Å². The number of nitrogens with one attached hydrogen (secondary N) is 3. The first-order chi connectivity index (χ1) is 14.8. The van der Waals surface area contributed by atoms with E-state index >= 15 is 0 Å². The average Bonchev–Trinajstić information content (AvgIpc) is 2.99. The second kappa shape index (κ2) is 10.2. The van der Waals surface area contributed by atoms with Crippen LogP contribution in [-0.4, -0.2) is 39.8 Å². The summed E-state index contributed by atoms with van der Waals surface area (Å²) < 4.78 is 30.2. The molecule has 9 nitrogen and oxygen atoms in total. The molecule has 1 aromatic carbocycles. The molecule has 0 bridgehead atoms. The van der Waals surface area contributed by atoms with Crippen LogP contribution in [0, 0.1) is 13.8 Å². The fourth-order valence-corrected chi connectivity index (χ4v) is 4.21. The Kier molecular flexibility index (Phi) is 7.57. The fourth-order valence-electron chi connectivity index (χ4n) is 2.75. The summed E-state index contributed by atoms with van der Waals surface area (Å²) in [6, 6.07) is 7.85. The van der Waals surface area contributed by atoms with E-state index in [2.05, 4.69) is 46.4 Å². The minimum absolute atomic E-state index is 0.0166. The summed E-state index contributed by atoms with van der Waals surface area (Å²) in [5.74, 6) is 0.0166. The second-order valence-electron chi connectivity index (χ2n) is 6.64. The van der Waals surface area contributed by atoms with Gasteiger partial charge in [0.15, 0.2) is 5.11 Å². The van der Waals surface area contributed by atoms with Crippen LogP contribution in [0.3, 0.4) is 0 Å². The zero-order valence-corrected chi connectivity index (χ0v) is 20.2. The second-order valence-corrected chi connectivity index (χ2v) is 9.53. The van der Waals surface area contributed by atoms with Crippen molar-refractivity contribution in [2.24, 2.45) is 0 Å². The predicted octanol–water partition coefficient (Wildman–Crippen LogP) is 3.23. The summed E-state index contributed by atoms with van der Waals surface area (Å²) >= 11 is 8.84. The number of hydrogen-bond acceptors (Lipinski definition) is 6. The van der Waals surface area contributed by atoms with Gasteiger partial charge in [0.05, 0.1) is 15.1 Å². The highest BCUT2D eigenvalue weighted by atomic mass is 79.9. The molecule has 0 spiro atoms.